The molecule has 0 saturated heterocycles. The molecule has 0 atom stereocenters. The van der Waals surface area contributed by atoms with Crippen molar-refractivity contribution >= 4 is 27.2 Å². The van der Waals surface area contributed by atoms with E-state index in [1.54, 1.807) is 0 Å². The maximum Gasteiger partial charge on any atom is 0.264 e. The maximum absolute atomic E-state index is 10.2. The summed E-state index contributed by atoms with van der Waals surface area (Å²) in [5, 5.41) is 0. The van der Waals surface area contributed by atoms with E-state index in [-0.39, 0.29) is 5.75 Å². The fraction of sp³-hybridized carbons (Fsp3) is 0.462. The zero-order valence-electron chi connectivity index (χ0n) is 11.5. The molecule has 1 rings (SSSR count). The highest BCUT2D eigenvalue weighted by molar-refractivity contribution is 7.85. The monoisotopic (exact) mass is 305 g/mol. The van der Waals surface area contributed by atoms with Gasteiger partial charge in [-0.15, -0.1) is 0 Å². The van der Waals surface area contributed by atoms with Gasteiger partial charge >= 0.3 is 0 Å². The highest BCUT2D eigenvalue weighted by Gasteiger charge is 2.03. The van der Waals surface area contributed by atoms with Crippen molar-refractivity contribution < 1.29 is 13.0 Å². The van der Waals surface area contributed by atoms with Crippen molar-refractivity contribution in [2.75, 3.05) is 12.8 Å². The number of hydrogen-bond donors (Lipinski definition) is 2. The van der Waals surface area contributed by atoms with Crippen molar-refractivity contribution in [3.05, 3.63) is 36.4 Å². The molecule has 6 heteroatoms. The molecule has 0 aliphatic heterocycles. The Labute approximate surface area is 121 Å². The van der Waals surface area contributed by atoms with Crippen LogP contribution in [0, 0.1) is 0 Å². The number of rotatable bonds is 5. The molecule has 110 valence electrons. The van der Waals surface area contributed by atoms with Gasteiger partial charge in [0.25, 0.3) is 10.1 Å². The Bertz CT molecular complexity index is 378. The van der Waals surface area contributed by atoms with Crippen LogP contribution >= 0.6 is 12.2 Å². The Kier molecular flexibility index (Phi) is 14.7. The minimum absolute atomic E-state index is 0.187. The summed E-state index contributed by atoms with van der Waals surface area (Å²) in [6, 6.07) is 12.0. The molecule has 0 aromatic heterocycles. The van der Waals surface area contributed by atoms with E-state index in [0.29, 0.717) is 12.8 Å². The minimum Gasteiger partial charge on any atom is -0.333 e. The molecule has 0 radical (unpaired) electrons. The predicted octanol–water partition coefficient (Wildman–Crippen LogP) is 2.70. The molecule has 19 heavy (non-hydrogen) atoms. The Morgan fingerprint density at radius 3 is 1.74 bits per heavy atom. The average molecular weight is 305 g/mol. The number of hydrogen-bond acceptors (Lipinski definition) is 4. The second-order valence-corrected chi connectivity index (χ2v) is 5.59. The first kappa shape index (κ1) is 20.5. The predicted molar refractivity (Wildman–Crippen MR) is 85.1 cm³/mol. The summed E-state index contributed by atoms with van der Waals surface area (Å²) in [5.41, 5.74) is 4.50. The van der Waals surface area contributed by atoms with E-state index < -0.39 is 10.1 Å². The Balaban J connectivity index is 0. The first-order valence-electron chi connectivity index (χ1n) is 6.00. The lowest BCUT2D eigenvalue weighted by Crippen LogP contribution is -2.05. The molecule has 0 bridgehead atoms. The van der Waals surface area contributed by atoms with Gasteiger partial charge in [-0.1, -0.05) is 55.5 Å². The zero-order chi connectivity index (χ0) is 15.1. The molecule has 4 nitrogen and oxygen atoms in total. The quantitative estimate of drug-likeness (QED) is 0.646. The van der Waals surface area contributed by atoms with Gasteiger partial charge in [-0.2, -0.15) is 8.42 Å². The topological polar surface area (TPSA) is 80.4 Å². The van der Waals surface area contributed by atoms with Crippen molar-refractivity contribution in [1.82, 2.24) is 0 Å². The SMILES string of the molecule is CCC(=S)CCCS(=O)(=O)O.CN.c1ccccc1. The molecular formula is C13H23NO3S2. The third-order valence-electron chi connectivity index (χ3n) is 1.92. The molecule has 1 aromatic carbocycles. The standard InChI is InChI=1S/C6H12O3S2.C6H6.CH5N/c1-2-6(10)4-3-5-11(7,8)9;1-2-4-6-5-3-1;1-2/h2-5H2,1H3,(H,7,8,9);1-6H;2H2,1H3. The lowest BCUT2D eigenvalue weighted by atomic mass is 10.2. The first-order chi connectivity index (χ1) is 8.95. The van der Waals surface area contributed by atoms with Gasteiger partial charge in [0.1, 0.15) is 0 Å². The van der Waals surface area contributed by atoms with Gasteiger partial charge < -0.3 is 5.73 Å². The van der Waals surface area contributed by atoms with Crippen molar-refractivity contribution in [2.45, 2.75) is 26.2 Å². The average Bonchev–Trinajstić information content (AvgIpc) is 2.42. The summed E-state index contributed by atoms with van der Waals surface area (Å²) in [6.07, 6.45) is 1.82. The van der Waals surface area contributed by atoms with Gasteiger partial charge in [0.2, 0.25) is 0 Å². The van der Waals surface area contributed by atoms with Crippen molar-refractivity contribution in [3.63, 3.8) is 0 Å². The number of nitrogens with two attached hydrogens (primary N) is 1. The Morgan fingerprint density at radius 1 is 1.11 bits per heavy atom. The minimum atomic E-state index is -3.79. The highest BCUT2D eigenvalue weighted by Crippen LogP contribution is 1.99. The Morgan fingerprint density at radius 2 is 1.47 bits per heavy atom. The molecular weight excluding hydrogens is 282 g/mol. The van der Waals surface area contributed by atoms with Crippen LogP contribution in [0.3, 0.4) is 0 Å². The van der Waals surface area contributed by atoms with Crippen LogP contribution < -0.4 is 5.73 Å². The van der Waals surface area contributed by atoms with Gasteiger partial charge in [-0.25, -0.2) is 0 Å². The summed E-state index contributed by atoms with van der Waals surface area (Å²) in [6.45, 7) is 1.93. The van der Waals surface area contributed by atoms with E-state index in [4.69, 9.17) is 16.8 Å². The Hall–Kier alpha value is -0.820. The molecule has 0 amide bonds. The molecule has 1 aromatic rings. The third kappa shape index (κ3) is 19.7. The highest BCUT2D eigenvalue weighted by atomic mass is 32.2. The van der Waals surface area contributed by atoms with Gasteiger partial charge in [-0.05, 0) is 31.2 Å². The van der Waals surface area contributed by atoms with Crippen molar-refractivity contribution in [1.29, 1.82) is 0 Å². The van der Waals surface area contributed by atoms with Crippen LogP contribution in [0.1, 0.15) is 26.2 Å². The van der Waals surface area contributed by atoms with E-state index >= 15 is 0 Å². The second-order valence-electron chi connectivity index (χ2n) is 3.44. The lowest BCUT2D eigenvalue weighted by Gasteiger charge is -1.97. The van der Waals surface area contributed by atoms with Gasteiger partial charge in [-0.3, -0.25) is 4.55 Å². The smallest absolute Gasteiger partial charge is 0.264 e. The van der Waals surface area contributed by atoms with Crippen LogP contribution in [0.4, 0.5) is 0 Å². The van der Waals surface area contributed by atoms with E-state index in [1.807, 2.05) is 43.3 Å². The molecule has 0 unspecified atom stereocenters. The molecule has 0 fully saturated rings. The van der Waals surface area contributed by atoms with Crippen LogP contribution in [0.15, 0.2) is 36.4 Å². The van der Waals surface area contributed by atoms with E-state index in [2.05, 4.69) is 5.73 Å². The normalized spacial score (nSPS) is 9.47. The van der Waals surface area contributed by atoms with Crippen LogP contribution in [0.25, 0.3) is 0 Å². The van der Waals surface area contributed by atoms with E-state index in [1.165, 1.54) is 7.05 Å². The van der Waals surface area contributed by atoms with E-state index in [0.717, 1.165) is 11.3 Å². The largest absolute Gasteiger partial charge is 0.333 e. The lowest BCUT2D eigenvalue weighted by molar-refractivity contribution is 0.481. The van der Waals surface area contributed by atoms with Crippen molar-refractivity contribution in [3.8, 4) is 0 Å². The fourth-order valence-corrected chi connectivity index (χ4v) is 1.67. The van der Waals surface area contributed by atoms with Crippen LogP contribution in [0.2, 0.25) is 0 Å². The molecule has 0 saturated carbocycles. The zero-order valence-corrected chi connectivity index (χ0v) is 13.1. The second kappa shape index (κ2) is 13.6. The van der Waals surface area contributed by atoms with Crippen LogP contribution in [0.5, 0.6) is 0 Å². The van der Waals surface area contributed by atoms with Gasteiger partial charge in [0.05, 0.1) is 5.75 Å². The van der Waals surface area contributed by atoms with Gasteiger partial charge in [0.15, 0.2) is 0 Å². The molecule has 0 aliphatic rings. The first-order valence-corrected chi connectivity index (χ1v) is 8.02. The number of benzene rings is 1. The third-order valence-corrected chi connectivity index (χ3v) is 3.22. The fourth-order valence-electron chi connectivity index (χ4n) is 1.01. The molecule has 0 heterocycles. The summed E-state index contributed by atoms with van der Waals surface area (Å²) in [5.74, 6) is -0.187. The molecule has 0 aliphatic carbocycles. The van der Waals surface area contributed by atoms with Crippen LogP contribution in [-0.2, 0) is 10.1 Å². The van der Waals surface area contributed by atoms with Crippen molar-refractivity contribution in [2.24, 2.45) is 5.73 Å². The summed E-state index contributed by atoms with van der Waals surface area (Å²) < 4.78 is 28.8. The molecule has 0 spiro atoms. The summed E-state index contributed by atoms with van der Waals surface area (Å²) >= 11 is 4.87. The van der Waals surface area contributed by atoms with E-state index in [9.17, 15) is 8.42 Å². The van der Waals surface area contributed by atoms with Crippen LogP contribution in [-0.4, -0.2) is 30.6 Å². The summed E-state index contributed by atoms with van der Waals surface area (Å²) in [4.78, 5) is 0.855. The molecule has 3 N–H and O–H groups in total. The maximum atomic E-state index is 10.2. The van der Waals surface area contributed by atoms with Gasteiger partial charge in [0, 0.05) is 0 Å². The summed E-state index contributed by atoms with van der Waals surface area (Å²) in [7, 11) is -2.29. The number of thiocarbonyl (C=S) groups is 1.